The van der Waals surface area contributed by atoms with Crippen molar-refractivity contribution in [3.63, 3.8) is 0 Å². The Kier molecular flexibility index (Phi) is 6.70. The SMILES string of the molecule is CCCNC(=O)c1ccc(NC(=S)NS(=O)(=O)c2ccc(C)cc2)cc1. The number of carbonyl (C=O) groups excluding carboxylic acids is 1. The number of sulfonamides is 1. The van der Waals surface area contributed by atoms with E-state index in [4.69, 9.17) is 12.2 Å². The van der Waals surface area contributed by atoms with Crippen molar-refractivity contribution in [2.75, 3.05) is 11.9 Å². The van der Waals surface area contributed by atoms with Crippen LogP contribution in [0.5, 0.6) is 0 Å². The molecule has 0 fully saturated rings. The molecule has 0 aliphatic heterocycles. The van der Waals surface area contributed by atoms with Gasteiger partial charge in [-0.3, -0.25) is 9.52 Å². The van der Waals surface area contributed by atoms with Gasteiger partial charge in [-0.05, 0) is 62.0 Å². The third kappa shape index (κ3) is 5.53. The van der Waals surface area contributed by atoms with Crippen molar-refractivity contribution in [3.8, 4) is 0 Å². The summed E-state index contributed by atoms with van der Waals surface area (Å²) in [6.07, 6.45) is 0.862. The van der Waals surface area contributed by atoms with E-state index in [-0.39, 0.29) is 15.9 Å². The topological polar surface area (TPSA) is 87.3 Å². The van der Waals surface area contributed by atoms with Crippen molar-refractivity contribution in [3.05, 3.63) is 59.7 Å². The molecule has 2 aromatic carbocycles. The number of thiocarbonyl (C=S) groups is 1. The Morgan fingerprint density at radius 3 is 2.23 bits per heavy atom. The standard InChI is InChI=1S/C18H21N3O3S2/c1-3-12-19-17(22)14-6-8-15(9-7-14)20-18(25)21-26(23,24)16-10-4-13(2)5-11-16/h4-11H,3,12H2,1-2H3,(H,19,22)(H2,20,21,25). The molecule has 138 valence electrons. The van der Waals surface area contributed by atoms with Gasteiger partial charge in [0.15, 0.2) is 5.11 Å². The Morgan fingerprint density at radius 2 is 1.65 bits per heavy atom. The zero-order valence-electron chi connectivity index (χ0n) is 14.6. The van der Waals surface area contributed by atoms with Gasteiger partial charge in [-0.15, -0.1) is 0 Å². The number of nitrogens with one attached hydrogen (secondary N) is 3. The minimum absolute atomic E-state index is 0.0474. The van der Waals surface area contributed by atoms with Gasteiger partial charge in [-0.2, -0.15) is 0 Å². The molecule has 0 saturated heterocycles. The highest BCUT2D eigenvalue weighted by Gasteiger charge is 2.15. The Hall–Kier alpha value is -2.45. The van der Waals surface area contributed by atoms with E-state index in [0.29, 0.717) is 17.8 Å². The molecule has 0 spiro atoms. The molecule has 1 amide bonds. The number of amides is 1. The van der Waals surface area contributed by atoms with E-state index in [1.54, 1.807) is 36.4 Å². The number of benzene rings is 2. The fraction of sp³-hybridized carbons (Fsp3) is 0.222. The second-order valence-corrected chi connectivity index (χ2v) is 7.80. The van der Waals surface area contributed by atoms with E-state index in [2.05, 4.69) is 15.4 Å². The quantitative estimate of drug-likeness (QED) is 0.659. The van der Waals surface area contributed by atoms with E-state index in [9.17, 15) is 13.2 Å². The lowest BCUT2D eigenvalue weighted by Gasteiger charge is -2.12. The van der Waals surface area contributed by atoms with Gasteiger partial charge in [0.05, 0.1) is 4.90 Å². The lowest BCUT2D eigenvalue weighted by atomic mass is 10.2. The number of carbonyl (C=O) groups is 1. The van der Waals surface area contributed by atoms with Crippen LogP contribution >= 0.6 is 12.2 Å². The van der Waals surface area contributed by atoms with E-state index in [1.165, 1.54) is 12.1 Å². The zero-order chi connectivity index (χ0) is 19.2. The maximum atomic E-state index is 12.3. The van der Waals surface area contributed by atoms with Gasteiger partial charge < -0.3 is 10.6 Å². The van der Waals surface area contributed by atoms with Crippen LogP contribution in [0.4, 0.5) is 5.69 Å². The lowest BCUT2D eigenvalue weighted by Crippen LogP contribution is -2.34. The van der Waals surface area contributed by atoms with Crippen LogP contribution < -0.4 is 15.4 Å². The summed E-state index contributed by atoms with van der Waals surface area (Å²) in [5.74, 6) is -0.152. The molecule has 26 heavy (non-hydrogen) atoms. The highest BCUT2D eigenvalue weighted by atomic mass is 32.2. The summed E-state index contributed by atoms with van der Waals surface area (Å²) >= 11 is 5.07. The highest BCUT2D eigenvalue weighted by Crippen LogP contribution is 2.12. The number of anilines is 1. The lowest BCUT2D eigenvalue weighted by molar-refractivity contribution is 0.0953. The largest absolute Gasteiger partial charge is 0.352 e. The van der Waals surface area contributed by atoms with Gasteiger partial charge in [-0.25, -0.2) is 8.42 Å². The summed E-state index contributed by atoms with van der Waals surface area (Å²) < 4.78 is 26.9. The van der Waals surface area contributed by atoms with E-state index in [0.717, 1.165) is 12.0 Å². The first-order valence-electron chi connectivity index (χ1n) is 8.10. The van der Waals surface area contributed by atoms with Crippen LogP contribution in [0.25, 0.3) is 0 Å². The zero-order valence-corrected chi connectivity index (χ0v) is 16.2. The smallest absolute Gasteiger partial charge is 0.263 e. The molecule has 2 rings (SSSR count). The van der Waals surface area contributed by atoms with Crippen LogP contribution in [0.15, 0.2) is 53.4 Å². The van der Waals surface area contributed by atoms with Crippen molar-refractivity contribution in [1.29, 1.82) is 0 Å². The minimum Gasteiger partial charge on any atom is -0.352 e. The van der Waals surface area contributed by atoms with Gasteiger partial charge in [0.25, 0.3) is 15.9 Å². The van der Waals surface area contributed by atoms with Crippen LogP contribution in [0.3, 0.4) is 0 Å². The van der Waals surface area contributed by atoms with Gasteiger partial charge in [-0.1, -0.05) is 24.6 Å². The Morgan fingerprint density at radius 1 is 1.04 bits per heavy atom. The van der Waals surface area contributed by atoms with Crippen LogP contribution in [-0.4, -0.2) is 26.0 Å². The predicted molar refractivity (Wildman–Crippen MR) is 107 cm³/mol. The summed E-state index contributed by atoms with van der Waals surface area (Å²) in [4.78, 5) is 12.0. The monoisotopic (exact) mass is 391 g/mol. The molecule has 0 heterocycles. The highest BCUT2D eigenvalue weighted by molar-refractivity contribution is 7.92. The molecule has 0 aliphatic carbocycles. The fourth-order valence-electron chi connectivity index (χ4n) is 2.10. The average molecular weight is 392 g/mol. The van der Waals surface area contributed by atoms with Crippen molar-refractivity contribution >= 4 is 38.9 Å². The summed E-state index contributed by atoms with van der Waals surface area (Å²) in [5.41, 5.74) is 2.07. The van der Waals surface area contributed by atoms with Crippen molar-refractivity contribution in [2.24, 2.45) is 0 Å². The third-order valence-corrected chi connectivity index (χ3v) is 5.20. The molecule has 0 atom stereocenters. The predicted octanol–water partition coefficient (Wildman–Crippen LogP) is 2.81. The molecule has 0 saturated carbocycles. The molecule has 0 aliphatic rings. The number of rotatable bonds is 6. The summed E-state index contributed by atoms with van der Waals surface area (Å²) in [6.45, 7) is 4.47. The van der Waals surface area contributed by atoms with Crippen molar-refractivity contribution in [1.82, 2.24) is 10.0 Å². The van der Waals surface area contributed by atoms with Crippen LogP contribution in [0.2, 0.25) is 0 Å². The number of aryl methyl sites for hydroxylation is 1. The first-order chi connectivity index (χ1) is 12.3. The molecule has 0 unspecified atom stereocenters. The second kappa shape index (κ2) is 8.77. The molecule has 0 radical (unpaired) electrons. The third-order valence-electron chi connectivity index (χ3n) is 3.50. The minimum atomic E-state index is -3.75. The van der Waals surface area contributed by atoms with Crippen LogP contribution in [0, 0.1) is 6.92 Å². The molecular formula is C18H21N3O3S2. The van der Waals surface area contributed by atoms with Crippen LogP contribution in [-0.2, 0) is 10.0 Å². The molecule has 0 bridgehead atoms. The summed E-state index contributed by atoms with van der Waals surface area (Å²) in [7, 11) is -3.75. The molecule has 3 N–H and O–H groups in total. The Labute approximate surface area is 159 Å². The number of hydrogen-bond donors (Lipinski definition) is 3. The molecule has 2 aromatic rings. The molecule has 0 aromatic heterocycles. The maximum absolute atomic E-state index is 12.3. The first-order valence-corrected chi connectivity index (χ1v) is 9.99. The normalized spacial score (nSPS) is 10.8. The van der Waals surface area contributed by atoms with Gasteiger partial charge in [0.2, 0.25) is 0 Å². The average Bonchev–Trinajstić information content (AvgIpc) is 2.60. The van der Waals surface area contributed by atoms with E-state index < -0.39 is 10.0 Å². The molecule has 8 heteroatoms. The first kappa shape index (κ1) is 19.9. The maximum Gasteiger partial charge on any atom is 0.263 e. The van der Waals surface area contributed by atoms with Gasteiger partial charge >= 0.3 is 0 Å². The summed E-state index contributed by atoms with van der Waals surface area (Å²) in [5, 5.41) is 5.54. The van der Waals surface area contributed by atoms with E-state index >= 15 is 0 Å². The van der Waals surface area contributed by atoms with Crippen LogP contribution in [0.1, 0.15) is 29.3 Å². The van der Waals surface area contributed by atoms with Crippen molar-refractivity contribution < 1.29 is 13.2 Å². The Balaban J connectivity index is 1.99. The second-order valence-electron chi connectivity index (χ2n) is 5.71. The van der Waals surface area contributed by atoms with Gasteiger partial charge in [0.1, 0.15) is 0 Å². The van der Waals surface area contributed by atoms with Crippen molar-refractivity contribution in [2.45, 2.75) is 25.2 Å². The molecular weight excluding hydrogens is 370 g/mol. The fourth-order valence-corrected chi connectivity index (χ4v) is 3.45. The molecule has 6 nitrogen and oxygen atoms in total. The van der Waals surface area contributed by atoms with Gasteiger partial charge in [0, 0.05) is 17.8 Å². The number of hydrogen-bond acceptors (Lipinski definition) is 4. The van der Waals surface area contributed by atoms with E-state index in [1.807, 2.05) is 13.8 Å². The summed E-state index contributed by atoms with van der Waals surface area (Å²) in [6, 6.07) is 13.1. The Bertz CT molecular complexity index is 877.